The number of benzene rings is 2. The molecule has 0 saturated carbocycles. The smallest absolute Gasteiger partial charge is 0.262 e. The van der Waals surface area contributed by atoms with Gasteiger partial charge in [0.15, 0.2) is 0 Å². The highest BCUT2D eigenvalue weighted by molar-refractivity contribution is 7.86. The van der Waals surface area contributed by atoms with E-state index < -0.39 is 21.3 Å². The molecule has 0 aliphatic rings. The normalized spacial score (nSPS) is 12.8. The Morgan fingerprint density at radius 1 is 1.09 bits per heavy atom. The van der Waals surface area contributed by atoms with Crippen LogP contribution in [0.25, 0.3) is 0 Å². The standard InChI is InChI=1S/C15H15NO5S/c1-12-7-9-14(10-8-12)22(19,20)21-15(16(17)18)11-13-5-3-2-4-6-13/h2-10,15H,11H2,1H3. The van der Waals surface area contributed by atoms with Gasteiger partial charge >= 0.3 is 16.3 Å². The maximum Gasteiger partial charge on any atom is 0.333 e. The van der Waals surface area contributed by atoms with Crippen LogP contribution in [-0.4, -0.2) is 19.6 Å². The second kappa shape index (κ2) is 6.67. The fourth-order valence-corrected chi connectivity index (χ4v) is 2.88. The van der Waals surface area contributed by atoms with Crippen LogP contribution >= 0.6 is 0 Å². The van der Waals surface area contributed by atoms with E-state index in [1.807, 2.05) is 6.92 Å². The Labute approximate surface area is 128 Å². The van der Waals surface area contributed by atoms with E-state index in [0.29, 0.717) is 5.56 Å². The minimum Gasteiger partial charge on any atom is -0.262 e. The zero-order valence-electron chi connectivity index (χ0n) is 11.9. The summed E-state index contributed by atoms with van der Waals surface area (Å²) < 4.78 is 29.0. The van der Waals surface area contributed by atoms with Gasteiger partial charge in [-0.2, -0.15) is 12.6 Å². The molecule has 1 atom stereocenters. The van der Waals surface area contributed by atoms with Crippen molar-refractivity contribution in [3.05, 3.63) is 75.8 Å². The molecule has 0 radical (unpaired) electrons. The van der Waals surface area contributed by atoms with E-state index in [1.165, 1.54) is 12.1 Å². The molecule has 2 aromatic carbocycles. The predicted octanol–water partition coefficient (Wildman–Crippen LogP) is 2.55. The van der Waals surface area contributed by atoms with Crippen LogP contribution < -0.4 is 0 Å². The minimum absolute atomic E-state index is 0.0991. The third kappa shape index (κ3) is 4.12. The monoisotopic (exact) mass is 321 g/mol. The molecule has 0 spiro atoms. The van der Waals surface area contributed by atoms with E-state index in [0.717, 1.165) is 5.56 Å². The number of nitro groups is 1. The molecule has 0 bridgehead atoms. The van der Waals surface area contributed by atoms with E-state index in [4.69, 9.17) is 4.18 Å². The second-order valence-electron chi connectivity index (χ2n) is 4.79. The quantitative estimate of drug-likeness (QED) is 0.353. The first-order valence-electron chi connectivity index (χ1n) is 6.56. The minimum atomic E-state index is -4.18. The van der Waals surface area contributed by atoms with Gasteiger partial charge in [-0.15, -0.1) is 0 Å². The molecular weight excluding hydrogens is 306 g/mol. The van der Waals surface area contributed by atoms with Crippen LogP contribution in [0.3, 0.4) is 0 Å². The molecule has 0 fully saturated rings. The molecule has 0 heterocycles. The van der Waals surface area contributed by atoms with Crippen molar-refractivity contribution >= 4 is 10.1 Å². The van der Waals surface area contributed by atoms with E-state index in [-0.39, 0.29) is 11.3 Å². The lowest BCUT2D eigenvalue weighted by molar-refractivity contribution is -0.562. The molecule has 0 saturated heterocycles. The lowest BCUT2D eigenvalue weighted by Gasteiger charge is -2.11. The van der Waals surface area contributed by atoms with Gasteiger partial charge in [0.1, 0.15) is 0 Å². The van der Waals surface area contributed by atoms with Gasteiger partial charge in [0, 0.05) is 0 Å². The molecular formula is C15H15NO5S. The molecule has 6 nitrogen and oxygen atoms in total. The topological polar surface area (TPSA) is 86.5 Å². The Balaban J connectivity index is 2.20. The average Bonchev–Trinajstić information content (AvgIpc) is 2.48. The van der Waals surface area contributed by atoms with Crippen LogP contribution in [-0.2, 0) is 20.7 Å². The molecule has 0 aliphatic carbocycles. The van der Waals surface area contributed by atoms with E-state index >= 15 is 0 Å². The number of hydrogen-bond donors (Lipinski definition) is 0. The molecule has 7 heteroatoms. The Kier molecular flexibility index (Phi) is 4.89. The van der Waals surface area contributed by atoms with Gasteiger partial charge < -0.3 is 0 Å². The van der Waals surface area contributed by atoms with E-state index in [1.54, 1.807) is 42.5 Å². The number of nitrogens with zero attached hydrogens (tertiary/aromatic N) is 1. The Morgan fingerprint density at radius 2 is 1.68 bits per heavy atom. The molecule has 0 aliphatic heterocycles. The molecule has 2 rings (SSSR count). The number of hydrogen-bond acceptors (Lipinski definition) is 5. The highest BCUT2D eigenvalue weighted by Gasteiger charge is 2.30. The summed E-state index contributed by atoms with van der Waals surface area (Å²) in [5, 5.41) is 11.1. The van der Waals surface area contributed by atoms with Gasteiger partial charge in [0.05, 0.1) is 16.2 Å². The average molecular weight is 321 g/mol. The summed E-state index contributed by atoms with van der Waals surface area (Å²) in [6.07, 6.45) is -1.78. The summed E-state index contributed by atoms with van der Waals surface area (Å²) >= 11 is 0. The van der Waals surface area contributed by atoms with E-state index in [2.05, 4.69) is 0 Å². The second-order valence-corrected chi connectivity index (χ2v) is 6.37. The first-order chi connectivity index (χ1) is 10.4. The summed E-state index contributed by atoms with van der Waals surface area (Å²) in [5.74, 6) is 0. The SMILES string of the molecule is Cc1ccc(S(=O)(=O)OC(Cc2ccccc2)[N+](=O)[O-])cc1. The molecule has 0 aromatic heterocycles. The van der Waals surface area contributed by atoms with Crippen LogP contribution in [0.1, 0.15) is 11.1 Å². The van der Waals surface area contributed by atoms with Crippen LogP contribution in [0.15, 0.2) is 59.5 Å². The highest BCUT2D eigenvalue weighted by Crippen LogP contribution is 2.17. The predicted molar refractivity (Wildman–Crippen MR) is 80.4 cm³/mol. The fraction of sp³-hybridized carbons (Fsp3) is 0.200. The van der Waals surface area contributed by atoms with Crippen molar-refractivity contribution in [2.75, 3.05) is 0 Å². The fourth-order valence-electron chi connectivity index (χ4n) is 1.87. The highest BCUT2D eigenvalue weighted by atomic mass is 32.2. The Bertz CT molecular complexity index is 741. The largest absolute Gasteiger partial charge is 0.333 e. The molecule has 22 heavy (non-hydrogen) atoms. The summed E-state index contributed by atoms with van der Waals surface area (Å²) in [6.45, 7) is 1.81. The summed E-state index contributed by atoms with van der Waals surface area (Å²) in [5.41, 5.74) is 1.51. The van der Waals surface area contributed by atoms with Crippen LogP contribution in [0.4, 0.5) is 0 Å². The molecule has 116 valence electrons. The molecule has 0 amide bonds. The van der Waals surface area contributed by atoms with Gasteiger partial charge in [-0.25, -0.2) is 0 Å². The van der Waals surface area contributed by atoms with Crippen LogP contribution in [0.5, 0.6) is 0 Å². The summed E-state index contributed by atoms with van der Waals surface area (Å²) in [4.78, 5) is 10.2. The van der Waals surface area contributed by atoms with Crippen molar-refractivity contribution < 1.29 is 17.5 Å². The maximum atomic E-state index is 12.1. The van der Waals surface area contributed by atoms with Gasteiger partial charge in [-0.1, -0.05) is 48.0 Å². The van der Waals surface area contributed by atoms with Crippen molar-refractivity contribution in [3.8, 4) is 0 Å². The van der Waals surface area contributed by atoms with Crippen molar-refractivity contribution in [1.29, 1.82) is 0 Å². The van der Waals surface area contributed by atoms with Gasteiger partial charge in [-0.3, -0.25) is 10.1 Å². The van der Waals surface area contributed by atoms with Gasteiger partial charge in [0.2, 0.25) is 0 Å². The van der Waals surface area contributed by atoms with Crippen LogP contribution in [0.2, 0.25) is 0 Å². The molecule has 2 aromatic rings. The zero-order chi connectivity index (χ0) is 16.2. The Morgan fingerprint density at radius 3 is 2.23 bits per heavy atom. The zero-order valence-corrected chi connectivity index (χ0v) is 12.7. The van der Waals surface area contributed by atoms with Crippen molar-refractivity contribution in [2.45, 2.75) is 24.5 Å². The molecule has 1 unspecified atom stereocenters. The third-order valence-corrected chi connectivity index (χ3v) is 4.36. The van der Waals surface area contributed by atoms with Gasteiger partial charge in [-0.05, 0) is 24.6 Å². The Hall–Kier alpha value is -2.25. The first-order valence-corrected chi connectivity index (χ1v) is 7.97. The van der Waals surface area contributed by atoms with Crippen molar-refractivity contribution in [2.24, 2.45) is 0 Å². The third-order valence-electron chi connectivity index (χ3n) is 3.04. The van der Waals surface area contributed by atoms with Gasteiger partial charge in [0.25, 0.3) is 0 Å². The van der Waals surface area contributed by atoms with Crippen LogP contribution in [0, 0.1) is 17.0 Å². The lowest BCUT2D eigenvalue weighted by atomic mass is 10.1. The van der Waals surface area contributed by atoms with Crippen molar-refractivity contribution in [1.82, 2.24) is 0 Å². The summed E-state index contributed by atoms with van der Waals surface area (Å²) in [7, 11) is -4.18. The molecule has 0 N–H and O–H groups in total. The van der Waals surface area contributed by atoms with E-state index in [9.17, 15) is 18.5 Å². The maximum absolute atomic E-state index is 12.1. The van der Waals surface area contributed by atoms with Crippen molar-refractivity contribution in [3.63, 3.8) is 0 Å². The first kappa shape index (κ1) is 16.1. The number of aryl methyl sites for hydroxylation is 1. The number of rotatable bonds is 6. The lowest BCUT2D eigenvalue weighted by Crippen LogP contribution is -2.28. The summed E-state index contributed by atoms with van der Waals surface area (Å²) in [6, 6.07) is 14.5.